The van der Waals surface area contributed by atoms with Gasteiger partial charge in [-0.1, -0.05) is 0 Å². The number of nitrogens with one attached hydrogen (secondary N) is 1. The van der Waals surface area contributed by atoms with Gasteiger partial charge in [-0.25, -0.2) is 9.87 Å². The lowest BCUT2D eigenvalue weighted by Crippen LogP contribution is -2.46. The van der Waals surface area contributed by atoms with E-state index in [1.807, 2.05) is 0 Å². The highest BCUT2D eigenvalue weighted by atomic mass is 19.1. The molecule has 5 heteroatoms. The van der Waals surface area contributed by atoms with Gasteiger partial charge in [0.25, 0.3) is 5.91 Å². The molecular formula is C14H17FN2O2. The second-order valence-corrected chi connectivity index (χ2v) is 5.74. The first-order valence-corrected chi connectivity index (χ1v) is 6.54. The largest absolute Gasteiger partial charge is 0.293 e. The van der Waals surface area contributed by atoms with E-state index in [4.69, 9.17) is 5.21 Å². The zero-order valence-corrected chi connectivity index (χ0v) is 10.9. The van der Waals surface area contributed by atoms with E-state index in [0.717, 1.165) is 31.4 Å². The molecule has 3 rings (SSSR count). The molecule has 1 atom stereocenters. The molecule has 0 bridgehead atoms. The minimum absolute atomic E-state index is 0.0771. The minimum Gasteiger partial charge on any atom is -0.293 e. The third-order valence-corrected chi connectivity index (χ3v) is 4.48. The number of hydroxylamine groups is 1. The molecule has 0 saturated carbocycles. The van der Waals surface area contributed by atoms with Gasteiger partial charge in [-0.2, -0.15) is 0 Å². The molecule has 2 aliphatic rings. The Morgan fingerprint density at radius 2 is 2.32 bits per heavy atom. The fourth-order valence-corrected chi connectivity index (χ4v) is 3.37. The van der Waals surface area contributed by atoms with Crippen LogP contribution in [0.3, 0.4) is 0 Å². The molecule has 1 amide bonds. The second kappa shape index (κ2) is 4.28. The molecule has 2 aliphatic heterocycles. The monoisotopic (exact) mass is 264 g/mol. The average Bonchev–Trinajstić information content (AvgIpc) is 2.75. The van der Waals surface area contributed by atoms with Crippen molar-refractivity contribution in [2.75, 3.05) is 6.54 Å². The van der Waals surface area contributed by atoms with Crippen molar-refractivity contribution in [3.63, 3.8) is 0 Å². The van der Waals surface area contributed by atoms with E-state index in [0.29, 0.717) is 12.1 Å². The van der Waals surface area contributed by atoms with Gasteiger partial charge >= 0.3 is 0 Å². The number of carbonyl (C=O) groups excluding carboxylic acids is 1. The van der Waals surface area contributed by atoms with Crippen LogP contribution in [-0.2, 0) is 13.0 Å². The maximum absolute atomic E-state index is 14.1. The summed E-state index contributed by atoms with van der Waals surface area (Å²) < 4.78 is 14.1. The van der Waals surface area contributed by atoms with Gasteiger partial charge in [-0.05, 0) is 50.4 Å². The van der Waals surface area contributed by atoms with Gasteiger partial charge in [-0.15, -0.1) is 0 Å². The van der Waals surface area contributed by atoms with Crippen LogP contribution in [0.25, 0.3) is 0 Å². The lowest BCUT2D eigenvalue weighted by molar-refractivity contribution is 0.0705. The first kappa shape index (κ1) is 12.6. The van der Waals surface area contributed by atoms with E-state index < -0.39 is 5.91 Å². The van der Waals surface area contributed by atoms with Gasteiger partial charge in [-0.3, -0.25) is 14.9 Å². The number of fused-ring (bicyclic) bond motifs is 2. The molecule has 4 nitrogen and oxygen atoms in total. The van der Waals surface area contributed by atoms with Crippen LogP contribution in [0.2, 0.25) is 0 Å². The van der Waals surface area contributed by atoms with E-state index in [2.05, 4.69) is 11.8 Å². The summed E-state index contributed by atoms with van der Waals surface area (Å²) >= 11 is 0. The number of amides is 1. The number of halogens is 1. The highest BCUT2D eigenvalue weighted by Crippen LogP contribution is 2.39. The summed E-state index contributed by atoms with van der Waals surface area (Å²) in [6.45, 7) is 3.81. The first-order chi connectivity index (χ1) is 9.03. The van der Waals surface area contributed by atoms with Crippen LogP contribution < -0.4 is 5.48 Å². The Hall–Kier alpha value is -1.46. The SMILES string of the molecule is C[C@]12CCCN1Cc1c(F)cc(C(=O)NO)cc1C2. The molecule has 0 spiro atoms. The van der Waals surface area contributed by atoms with Crippen LogP contribution in [0.1, 0.15) is 41.3 Å². The molecule has 1 aromatic rings. The maximum Gasteiger partial charge on any atom is 0.274 e. The highest BCUT2D eigenvalue weighted by Gasteiger charge is 2.41. The van der Waals surface area contributed by atoms with Crippen LogP contribution in [-0.4, -0.2) is 28.1 Å². The van der Waals surface area contributed by atoms with Crippen molar-refractivity contribution in [3.05, 3.63) is 34.6 Å². The minimum atomic E-state index is -0.666. The standard InChI is InChI=1S/C14H17FN2O2/c1-14-3-2-4-17(14)8-11-10(7-14)5-9(6-12(11)15)13(18)16-19/h5-6,19H,2-4,7-8H2,1H3,(H,16,18)/t14-/m1/s1. The van der Waals surface area contributed by atoms with E-state index in [1.165, 1.54) is 6.07 Å². The Bertz CT molecular complexity index is 546. The molecule has 2 N–H and O–H groups in total. The molecule has 0 aliphatic carbocycles. The molecular weight excluding hydrogens is 247 g/mol. The number of nitrogens with zero attached hydrogens (tertiary/aromatic N) is 1. The van der Waals surface area contributed by atoms with E-state index >= 15 is 0 Å². The summed E-state index contributed by atoms with van der Waals surface area (Å²) in [5.74, 6) is -1.02. The Morgan fingerprint density at radius 3 is 3.05 bits per heavy atom. The van der Waals surface area contributed by atoms with Crippen LogP contribution in [0, 0.1) is 5.82 Å². The van der Waals surface area contributed by atoms with Gasteiger partial charge in [0.05, 0.1) is 0 Å². The van der Waals surface area contributed by atoms with E-state index in [1.54, 1.807) is 11.5 Å². The fourth-order valence-electron chi connectivity index (χ4n) is 3.37. The molecule has 1 saturated heterocycles. The predicted molar refractivity (Wildman–Crippen MR) is 67.4 cm³/mol. The van der Waals surface area contributed by atoms with E-state index in [9.17, 15) is 9.18 Å². The lowest BCUT2D eigenvalue weighted by atomic mass is 9.83. The van der Waals surface area contributed by atoms with Crippen molar-refractivity contribution in [1.82, 2.24) is 10.4 Å². The quantitative estimate of drug-likeness (QED) is 0.601. The van der Waals surface area contributed by atoms with Crippen molar-refractivity contribution < 1.29 is 14.4 Å². The molecule has 0 unspecified atom stereocenters. The molecule has 1 aromatic carbocycles. The van der Waals surface area contributed by atoms with Gasteiger partial charge in [0.15, 0.2) is 0 Å². The van der Waals surface area contributed by atoms with Gasteiger partial charge in [0, 0.05) is 23.2 Å². The third kappa shape index (κ3) is 1.93. The summed E-state index contributed by atoms with van der Waals surface area (Å²) in [6.07, 6.45) is 2.99. The van der Waals surface area contributed by atoms with Crippen LogP contribution in [0.15, 0.2) is 12.1 Å². The molecule has 19 heavy (non-hydrogen) atoms. The molecule has 0 aromatic heterocycles. The number of rotatable bonds is 1. The van der Waals surface area contributed by atoms with Crippen molar-refractivity contribution in [2.45, 2.75) is 38.3 Å². The van der Waals surface area contributed by atoms with Gasteiger partial charge in [0.2, 0.25) is 0 Å². The topological polar surface area (TPSA) is 52.6 Å². The highest BCUT2D eigenvalue weighted by molar-refractivity contribution is 5.93. The Morgan fingerprint density at radius 1 is 1.53 bits per heavy atom. The van der Waals surface area contributed by atoms with Crippen molar-refractivity contribution in [2.24, 2.45) is 0 Å². The Balaban J connectivity index is 2.03. The average molecular weight is 264 g/mol. The summed E-state index contributed by atoms with van der Waals surface area (Å²) in [7, 11) is 0. The summed E-state index contributed by atoms with van der Waals surface area (Å²) in [4.78, 5) is 13.7. The zero-order valence-electron chi connectivity index (χ0n) is 10.9. The Kier molecular flexibility index (Phi) is 2.83. The molecule has 1 fully saturated rings. The van der Waals surface area contributed by atoms with Gasteiger partial charge < -0.3 is 0 Å². The number of carbonyl (C=O) groups is 1. The number of hydrogen-bond acceptors (Lipinski definition) is 3. The normalized spacial score (nSPS) is 25.8. The van der Waals surface area contributed by atoms with Crippen LogP contribution in [0.4, 0.5) is 4.39 Å². The summed E-state index contributed by atoms with van der Waals surface area (Å²) in [6, 6.07) is 2.90. The summed E-state index contributed by atoms with van der Waals surface area (Å²) in [5.41, 5.74) is 3.38. The van der Waals surface area contributed by atoms with Crippen molar-refractivity contribution in [1.29, 1.82) is 0 Å². The second-order valence-electron chi connectivity index (χ2n) is 5.74. The molecule has 0 radical (unpaired) electrons. The Labute approximate surface area is 111 Å². The van der Waals surface area contributed by atoms with Crippen molar-refractivity contribution in [3.8, 4) is 0 Å². The van der Waals surface area contributed by atoms with E-state index in [-0.39, 0.29) is 16.9 Å². The molecule has 102 valence electrons. The predicted octanol–water partition coefficient (Wildman–Crippen LogP) is 1.86. The zero-order chi connectivity index (χ0) is 13.6. The van der Waals surface area contributed by atoms with Crippen LogP contribution in [0.5, 0.6) is 0 Å². The smallest absolute Gasteiger partial charge is 0.274 e. The lowest BCUT2D eigenvalue weighted by Gasteiger charge is -2.40. The number of benzene rings is 1. The molecule has 2 heterocycles. The third-order valence-electron chi connectivity index (χ3n) is 4.48. The van der Waals surface area contributed by atoms with Gasteiger partial charge in [0.1, 0.15) is 5.82 Å². The number of hydrogen-bond donors (Lipinski definition) is 2. The van der Waals surface area contributed by atoms with Crippen LogP contribution >= 0.6 is 0 Å². The first-order valence-electron chi connectivity index (χ1n) is 6.54. The summed E-state index contributed by atoms with van der Waals surface area (Å²) in [5, 5.41) is 8.65. The fraction of sp³-hybridized carbons (Fsp3) is 0.500. The van der Waals surface area contributed by atoms with Crippen molar-refractivity contribution >= 4 is 5.91 Å². The maximum atomic E-state index is 14.1.